The van der Waals surface area contributed by atoms with Gasteiger partial charge in [0.05, 0.1) is 41.2 Å². The molecule has 534 valence electrons. The molecule has 4 atom stereocenters. The summed E-state index contributed by atoms with van der Waals surface area (Å²) in [6.07, 6.45) is -7.44. The van der Waals surface area contributed by atoms with Gasteiger partial charge in [0.15, 0.2) is 23.0 Å². The average molecular weight is 1560 g/mol. The third-order valence-corrected chi connectivity index (χ3v) is 17.6. The maximum Gasteiger partial charge on any atom is 0.416 e. The molecule has 4 aliphatic heterocycles. The van der Waals surface area contributed by atoms with Gasteiger partial charge in [-0.15, -0.1) is 0 Å². The first-order valence-electron chi connectivity index (χ1n) is 30.6. The highest BCUT2D eigenvalue weighted by Gasteiger charge is 2.44. The number of furan rings is 4. The highest BCUT2D eigenvalue weighted by atomic mass is 35.5. The zero-order valence-electron chi connectivity index (χ0n) is 52.8. The number of hydrogen-bond donors (Lipinski definition) is 0. The smallest absolute Gasteiger partial charge is 0.416 e. The van der Waals surface area contributed by atoms with Crippen LogP contribution in [-0.4, -0.2) is 63.7 Å². The molecule has 105 heavy (non-hydrogen) atoms. The zero-order valence-corrected chi connectivity index (χ0v) is 57.4. The summed E-state index contributed by atoms with van der Waals surface area (Å²) in [6.45, 7) is 2.02. The molecule has 12 heterocycles. The van der Waals surface area contributed by atoms with Crippen molar-refractivity contribution < 1.29 is 90.9 Å². The minimum atomic E-state index is -5.00. The van der Waals surface area contributed by atoms with Crippen molar-refractivity contribution in [2.75, 3.05) is 0 Å². The number of alkyl halides is 6. The number of fused-ring (bicyclic) bond motifs is 4. The van der Waals surface area contributed by atoms with Crippen molar-refractivity contribution >= 4 is 93.5 Å². The van der Waals surface area contributed by atoms with E-state index < -0.39 is 89.8 Å². The molecule has 0 N–H and O–H groups in total. The van der Waals surface area contributed by atoms with Gasteiger partial charge in [-0.25, -0.2) is 67.8 Å². The van der Waals surface area contributed by atoms with Gasteiger partial charge in [0.1, 0.15) is 104 Å². The van der Waals surface area contributed by atoms with Crippen molar-refractivity contribution in [3.8, 4) is 45.8 Å². The average Bonchev–Trinajstić information content (AvgIpc) is 1.66. The van der Waals surface area contributed by atoms with Crippen LogP contribution in [0, 0.1) is 18.6 Å². The van der Waals surface area contributed by atoms with Crippen LogP contribution in [-0.2, 0) is 57.0 Å². The van der Waals surface area contributed by atoms with Crippen LogP contribution in [0.25, 0.3) is 45.8 Å². The predicted molar refractivity (Wildman–Crippen MR) is 357 cm³/mol. The molecule has 0 amide bonds. The van der Waals surface area contributed by atoms with Gasteiger partial charge in [-0.05, 0) is 161 Å². The van der Waals surface area contributed by atoms with Gasteiger partial charge in [-0.3, -0.25) is 0 Å². The fraction of sp³-hybridized carbons (Fsp3) is 0.155. The monoisotopic (exact) mass is 1560 g/mol. The van der Waals surface area contributed by atoms with E-state index >= 15 is 0 Å². The third-order valence-electron chi connectivity index (χ3n) is 16.3. The zero-order chi connectivity index (χ0) is 74.3. The van der Waals surface area contributed by atoms with Gasteiger partial charge in [-0.2, -0.15) is 26.3 Å². The van der Waals surface area contributed by atoms with E-state index in [1.807, 2.05) is 31.2 Å². The Labute approximate surface area is 615 Å². The second-order valence-electron chi connectivity index (χ2n) is 23.0. The Kier molecular flexibility index (Phi) is 20.7. The number of aryl methyl sites for hydroxylation is 1. The Morgan fingerprint density at radius 3 is 1.09 bits per heavy atom. The maximum atomic E-state index is 14.2. The fourth-order valence-corrected chi connectivity index (χ4v) is 12.8. The maximum absolute atomic E-state index is 14.2. The van der Waals surface area contributed by atoms with Crippen LogP contribution in [0.3, 0.4) is 0 Å². The molecule has 0 saturated carbocycles. The summed E-state index contributed by atoms with van der Waals surface area (Å²) in [4.78, 5) is 82.1. The number of halogens is 14. The molecule has 8 aromatic heterocycles. The third kappa shape index (κ3) is 15.5. The van der Waals surface area contributed by atoms with Crippen molar-refractivity contribution in [2.45, 2.75) is 69.4 Å². The number of nitrogens with zero attached hydrogens (tertiary/aromatic N) is 8. The summed E-state index contributed by atoms with van der Waals surface area (Å²) in [6, 6.07) is 31.2. The van der Waals surface area contributed by atoms with E-state index in [1.165, 1.54) is 55.4 Å². The SMILES string of the molecule is Cc1ccccc1CC1OC(=O)c2c(-c3ccco3)nc(Cl)nc21.O=C1OC(Cc2c(F)cccc2Cl)c2nc(Cl)nc(-c3ccco3)c21.O=C1OC(Cc2cc(C(F)(F)F)cc(C(F)(F)F)c2)c2nc(Cl)nc(-c3ccco3)c21.O=C1OC(Cc2cccc(Cl)c2F)c2nc(Cl)nc(-c3ccco3)c21. The highest BCUT2D eigenvalue weighted by Crippen LogP contribution is 2.45. The van der Waals surface area contributed by atoms with Crippen LogP contribution in [0.4, 0.5) is 35.1 Å². The van der Waals surface area contributed by atoms with Crippen LogP contribution in [0.1, 0.15) is 128 Å². The topological polar surface area (TPSA) is 261 Å². The lowest BCUT2D eigenvalue weighted by molar-refractivity contribution is -0.143. The predicted octanol–water partition coefficient (Wildman–Crippen LogP) is 19.3. The first-order valence-corrected chi connectivity index (χ1v) is 32.9. The largest absolute Gasteiger partial charge is 0.463 e. The molecule has 16 rings (SSSR count). The Morgan fingerprint density at radius 2 is 0.724 bits per heavy atom. The number of carbonyl (C=O) groups excluding carboxylic acids is 4. The number of hydrogen-bond acceptors (Lipinski definition) is 20. The summed E-state index contributed by atoms with van der Waals surface area (Å²) >= 11 is 35.8. The highest BCUT2D eigenvalue weighted by molar-refractivity contribution is 6.32. The first kappa shape index (κ1) is 72.7. The van der Waals surface area contributed by atoms with Gasteiger partial charge in [0, 0.05) is 36.3 Å². The van der Waals surface area contributed by atoms with Crippen molar-refractivity contribution in [3.63, 3.8) is 0 Å². The Bertz CT molecular complexity index is 5300. The summed E-state index contributed by atoms with van der Waals surface area (Å²) in [5, 5.41) is -0.107. The minimum absolute atomic E-state index is 0.000888. The molecule has 34 heteroatoms. The summed E-state index contributed by atoms with van der Waals surface area (Å²) in [7, 11) is 0. The molecular formula is C71H40Cl6F8N8O12. The van der Waals surface area contributed by atoms with Crippen molar-refractivity contribution in [3.05, 3.63) is 279 Å². The standard InChI is InChI=1S/C19H9ClF6N2O3.C18H13ClN2O3.2C17H9Cl2FN2O3/c20-17-27-14(11-2-1-3-30-11)13-15(28-17)12(31-16(13)29)6-8-4-9(18(21,22)23)7-10(5-8)19(24,25)26;1-10-5-2-3-6-11(10)9-13-16-14(17(22)24-13)15(20-18(19)21-16)12-7-4-8-23-12;18-9-3-1-4-10(20)8(9)7-12-15-13(16(23)25-12)14(21-17(19)22-15)11-5-2-6-24-11;18-9-4-1-3-8(13(9)20)7-11-15-12(16(23)25-11)14(21-17(19)22-15)10-5-2-6-24-10/h1-5,7,12H,6H2;2-8,13H,9H2,1H3;1-6,12H,7H2;1-6,11H,7H2. The molecule has 0 bridgehead atoms. The van der Waals surface area contributed by atoms with Gasteiger partial charge in [0.25, 0.3) is 0 Å². The number of ether oxygens (including phenoxy) is 4. The van der Waals surface area contributed by atoms with Gasteiger partial charge >= 0.3 is 36.2 Å². The van der Waals surface area contributed by atoms with E-state index in [9.17, 15) is 54.3 Å². The van der Waals surface area contributed by atoms with Crippen molar-refractivity contribution in [1.82, 2.24) is 39.9 Å². The van der Waals surface area contributed by atoms with Crippen LogP contribution < -0.4 is 0 Å². The molecule has 0 aliphatic carbocycles. The molecule has 12 aromatic rings. The van der Waals surface area contributed by atoms with E-state index in [0.29, 0.717) is 64.0 Å². The second kappa shape index (κ2) is 29.9. The Hall–Kier alpha value is -10.6. The summed E-state index contributed by atoms with van der Waals surface area (Å²) in [5.41, 5.74) is 1.95. The number of carbonyl (C=O) groups is 4. The molecular weight excluding hydrogens is 1520 g/mol. The van der Waals surface area contributed by atoms with E-state index in [2.05, 4.69) is 39.9 Å². The number of rotatable bonds is 12. The van der Waals surface area contributed by atoms with E-state index in [-0.39, 0.29) is 112 Å². The minimum Gasteiger partial charge on any atom is -0.463 e. The molecule has 0 spiro atoms. The van der Waals surface area contributed by atoms with Crippen LogP contribution >= 0.6 is 69.6 Å². The van der Waals surface area contributed by atoms with E-state index in [1.54, 1.807) is 54.6 Å². The van der Waals surface area contributed by atoms with Gasteiger partial charge in [-0.1, -0.05) is 65.7 Å². The number of esters is 4. The molecule has 0 fully saturated rings. The summed E-state index contributed by atoms with van der Waals surface area (Å²) < 4.78 is 150. The molecule has 4 aliphatic rings. The molecule has 20 nitrogen and oxygen atoms in total. The normalized spacial score (nSPS) is 16.1. The van der Waals surface area contributed by atoms with Crippen LogP contribution in [0.2, 0.25) is 31.2 Å². The molecule has 0 saturated heterocycles. The quantitative estimate of drug-likeness (QED) is 0.0476. The van der Waals surface area contributed by atoms with Crippen molar-refractivity contribution in [1.29, 1.82) is 0 Å². The number of aromatic nitrogens is 8. The summed E-state index contributed by atoms with van der Waals surface area (Å²) in [5.74, 6) is -2.25. The molecule has 4 aromatic carbocycles. The molecule has 0 radical (unpaired) electrons. The molecule has 4 unspecified atom stereocenters. The number of cyclic esters (lactones) is 4. The van der Waals surface area contributed by atoms with Gasteiger partial charge in [0.2, 0.25) is 21.1 Å². The Balaban J connectivity index is 0.000000125. The lowest BCUT2D eigenvalue weighted by Gasteiger charge is -2.16. The van der Waals surface area contributed by atoms with E-state index in [4.69, 9.17) is 106 Å². The van der Waals surface area contributed by atoms with Gasteiger partial charge < -0.3 is 36.6 Å². The van der Waals surface area contributed by atoms with Crippen molar-refractivity contribution in [2.24, 2.45) is 0 Å². The lowest BCUT2D eigenvalue weighted by atomic mass is 9.98. The Morgan fingerprint density at radius 1 is 0.381 bits per heavy atom. The lowest BCUT2D eigenvalue weighted by Crippen LogP contribution is -2.13. The van der Waals surface area contributed by atoms with Crippen LogP contribution in [0.5, 0.6) is 0 Å². The fourth-order valence-electron chi connectivity index (χ4n) is 11.6. The first-order chi connectivity index (χ1) is 50.1. The second-order valence-corrected chi connectivity index (χ2v) is 25.1. The van der Waals surface area contributed by atoms with E-state index in [0.717, 1.165) is 11.1 Å². The van der Waals surface area contributed by atoms with Crippen LogP contribution in [0.15, 0.2) is 170 Å². The number of benzene rings is 4.